The number of piperidine rings is 1. The standard InChI is InChI=1S/C26H31FN8O2/c1-2-33(13-18-4-5-20(12-22(18)27)35-9-3-8-31-35)25-21-7-11-34(26(21)30-17-29-25)14-19-6-10-32(15-23(19)36)16-24(28)37/h3-5,7-9,11-12,17,19,23,36H,2,6,10,13-16H2,1H3,(H2,28,37)/t19-,23+/m0/s1. The fourth-order valence-corrected chi connectivity index (χ4v) is 5.04. The molecule has 1 aliphatic rings. The lowest BCUT2D eigenvalue weighted by Gasteiger charge is -2.35. The smallest absolute Gasteiger partial charge is 0.231 e. The molecular weight excluding hydrogens is 475 g/mol. The summed E-state index contributed by atoms with van der Waals surface area (Å²) in [5.41, 5.74) is 7.30. The summed E-state index contributed by atoms with van der Waals surface area (Å²) >= 11 is 0. The molecule has 37 heavy (non-hydrogen) atoms. The normalized spacial score (nSPS) is 18.4. The predicted octanol–water partition coefficient (Wildman–Crippen LogP) is 1.95. The Labute approximate surface area is 214 Å². The average molecular weight is 507 g/mol. The molecule has 1 aliphatic heterocycles. The molecule has 1 saturated heterocycles. The van der Waals surface area contributed by atoms with Gasteiger partial charge >= 0.3 is 0 Å². The Morgan fingerprint density at radius 3 is 2.84 bits per heavy atom. The molecule has 10 nitrogen and oxygen atoms in total. The molecule has 0 bridgehead atoms. The van der Waals surface area contributed by atoms with Crippen LogP contribution >= 0.6 is 0 Å². The van der Waals surface area contributed by atoms with E-state index in [1.54, 1.807) is 29.2 Å². The molecular formula is C26H31FN8O2. The molecule has 1 aromatic carbocycles. The number of carbonyl (C=O) groups is 1. The second-order valence-electron chi connectivity index (χ2n) is 9.46. The van der Waals surface area contributed by atoms with Crippen LogP contribution in [0.5, 0.6) is 0 Å². The molecule has 0 radical (unpaired) electrons. The van der Waals surface area contributed by atoms with Crippen molar-refractivity contribution in [2.45, 2.75) is 32.5 Å². The lowest BCUT2D eigenvalue weighted by molar-refractivity contribution is -0.120. The van der Waals surface area contributed by atoms with Crippen molar-refractivity contribution in [1.29, 1.82) is 0 Å². The first-order chi connectivity index (χ1) is 17.9. The van der Waals surface area contributed by atoms with E-state index in [-0.39, 0.29) is 24.2 Å². The number of hydrogen-bond donors (Lipinski definition) is 2. The van der Waals surface area contributed by atoms with Gasteiger partial charge in [-0.3, -0.25) is 9.69 Å². The highest BCUT2D eigenvalue weighted by atomic mass is 19.1. The predicted molar refractivity (Wildman–Crippen MR) is 138 cm³/mol. The molecule has 4 heterocycles. The number of anilines is 1. The van der Waals surface area contributed by atoms with E-state index in [4.69, 9.17) is 5.73 Å². The van der Waals surface area contributed by atoms with Crippen molar-refractivity contribution in [1.82, 2.24) is 29.2 Å². The van der Waals surface area contributed by atoms with Crippen LogP contribution in [-0.2, 0) is 17.9 Å². The minimum Gasteiger partial charge on any atom is -0.391 e. The number of amides is 1. The van der Waals surface area contributed by atoms with Gasteiger partial charge in [-0.15, -0.1) is 0 Å². The molecule has 0 unspecified atom stereocenters. The number of fused-ring (bicyclic) bond motifs is 1. The van der Waals surface area contributed by atoms with Crippen LogP contribution in [0.25, 0.3) is 16.7 Å². The van der Waals surface area contributed by atoms with E-state index in [0.29, 0.717) is 44.0 Å². The Kier molecular flexibility index (Phi) is 7.15. The monoisotopic (exact) mass is 506 g/mol. The fraction of sp³-hybridized carbons (Fsp3) is 0.385. The summed E-state index contributed by atoms with van der Waals surface area (Å²) in [4.78, 5) is 24.2. The van der Waals surface area contributed by atoms with Crippen molar-refractivity contribution in [3.63, 3.8) is 0 Å². The van der Waals surface area contributed by atoms with Crippen LogP contribution in [0.4, 0.5) is 10.2 Å². The second-order valence-corrected chi connectivity index (χ2v) is 9.46. The van der Waals surface area contributed by atoms with Crippen molar-refractivity contribution in [3.8, 4) is 5.69 Å². The van der Waals surface area contributed by atoms with Gasteiger partial charge in [0.25, 0.3) is 0 Å². The molecule has 4 aromatic rings. The van der Waals surface area contributed by atoms with Crippen LogP contribution in [0, 0.1) is 11.7 Å². The molecule has 3 N–H and O–H groups in total. The molecule has 11 heteroatoms. The minimum absolute atomic E-state index is 0.0304. The zero-order valence-corrected chi connectivity index (χ0v) is 20.7. The lowest BCUT2D eigenvalue weighted by atomic mass is 9.93. The van der Waals surface area contributed by atoms with Crippen LogP contribution < -0.4 is 10.6 Å². The zero-order valence-electron chi connectivity index (χ0n) is 20.7. The molecule has 194 valence electrons. The average Bonchev–Trinajstić information content (AvgIpc) is 3.55. The van der Waals surface area contributed by atoms with E-state index in [9.17, 15) is 9.90 Å². The summed E-state index contributed by atoms with van der Waals surface area (Å²) in [7, 11) is 0. The van der Waals surface area contributed by atoms with Crippen molar-refractivity contribution >= 4 is 22.8 Å². The van der Waals surface area contributed by atoms with Gasteiger partial charge in [-0.2, -0.15) is 5.10 Å². The third-order valence-corrected chi connectivity index (χ3v) is 7.00. The Bertz CT molecular complexity index is 1370. The van der Waals surface area contributed by atoms with Gasteiger partial charge in [0.1, 0.15) is 23.6 Å². The summed E-state index contributed by atoms with van der Waals surface area (Å²) in [6, 6.07) is 8.89. The molecule has 0 aliphatic carbocycles. The van der Waals surface area contributed by atoms with Crippen LogP contribution in [-0.4, -0.2) is 72.5 Å². The number of carbonyl (C=O) groups excluding carboxylic acids is 1. The molecule has 0 saturated carbocycles. The van der Waals surface area contributed by atoms with Gasteiger partial charge in [0.15, 0.2) is 0 Å². The number of nitrogens with zero attached hydrogens (tertiary/aromatic N) is 7. The SMILES string of the molecule is CCN(Cc1ccc(-n2cccn2)cc1F)c1ncnc2c1ccn2C[C@@H]1CCN(CC(N)=O)C[C@H]1O. The summed E-state index contributed by atoms with van der Waals surface area (Å²) in [5, 5.41) is 15.7. The number of aliphatic hydroxyl groups is 1. The Morgan fingerprint density at radius 1 is 1.27 bits per heavy atom. The van der Waals surface area contributed by atoms with E-state index in [1.165, 1.54) is 12.4 Å². The van der Waals surface area contributed by atoms with Crippen molar-refractivity contribution in [2.24, 2.45) is 11.7 Å². The van der Waals surface area contributed by atoms with E-state index in [2.05, 4.69) is 15.1 Å². The van der Waals surface area contributed by atoms with Gasteiger partial charge in [0.05, 0.1) is 23.7 Å². The number of hydrogen-bond acceptors (Lipinski definition) is 7. The Morgan fingerprint density at radius 2 is 2.14 bits per heavy atom. The zero-order chi connectivity index (χ0) is 25.9. The third-order valence-electron chi connectivity index (χ3n) is 7.00. The molecule has 1 fully saturated rings. The second kappa shape index (κ2) is 10.7. The summed E-state index contributed by atoms with van der Waals surface area (Å²) in [6.45, 7) is 4.88. The maximum atomic E-state index is 15.0. The first-order valence-electron chi connectivity index (χ1n) is 12.4. The molecule has 1 amide bonds. The van der Waals surface area contributed by atoms with E-state index >= 15 is 4.39 Å². The highest BCUT2D eigenvalue weighted by Crippen LogP contribution is 2.28. The number of primary amides is 1. The molecule has 2 atom stereocenters. The molecule has 3 aromatic heterocycles. The van der Waals surface area contributed by atoms with Gasteiger partial charge in [0, 0.05) is 56.3 Å². The van der Waals surface area contributed by atoms with Crippen LogP contribution in [0.1, 0.15) is 18.9 Å². The molecule has 5 rings (SSSR count). The number of halogens is 1. The largest absolute Gasteiger partial charge is 0.391 e. The number of β-amino-alcohol motifs (C(OH)–C–C–N with tert-alkyl or cyclic N) is 1. The Balaban J connectivity index is 1.33. The van der Waals surface area contributed by atoms with Gasteiger partial charge in [0.2, 0.25) is 5.91 Å². The fourth-order valence-electron chi connectivity index (χ4n) is 5.04. The van der Waals surface area contributed by atoms with Crippen molar-refractivity contribution in [3.05, 3.63) is 66.6 Å². The van der Waals surface area contributed by atoms with E-state index in [1.807, 2.05) is 39.6 Å². The van der Waals surface area contributed by atoms with Gasteiger partial charge in [-0.05, 0) is 44.2 Å². The van der Waals surface area contributed by atoms with E-state index in [0.717, 1.165) is 23.3 Å². The van der Waals surface area contributed by atoms with Crippen molar-refractivity contribution in [2.75, 3.05) is 31.1 Å². The number of benzene rings is 1. The van der Waals surface area contributed by atoms with E-state index < -0.39 is 6.10 Å². The Hall–Kier alpha value is -3.83. The van der Waals surface area contributed by atoms with Gasteiger partial charge in [-0.1, -0.05) is 6.07 Å². The van der Waals surface area contributed by atoms with Crippen LogP contribution in [0.3, 0.4) is 0 Å². The van der Waals surface area contributed by atoms with Gasteiger partial charge < -0.3 is 20.3 Å². The summed E-state index contributed by atoms with van der Waals surface area (Å²) < 4.78 is 18.7. The summed E-state index contributed by atoms with van der Waals surface area (Å²) in [5.74, 6) is 0.0768. The number of nitrogens with two attached hydrogens (primary N) is 1. The maximum Gasteiger partial charge on any atom is 0.231 e. The first kappa shape index (κ1) is 24.8. The first-order valence-corrected chi connectivity index (χ1v) is 12.4. The highest BCUT2D eigenvalue weighted by molar-refractivity contribution is 5.87. The van der Waals surface area contributed by atoms with Crippen LogP contribution in [0.2, 0.25) is 0 Å². The van der Waals surface area contributed by atoms with Crippen LogP contribution in [0.15, 0.2) is 55.2 Å². The molecule has 0 spiro atoms. The maximum absolute atomic E-state index is 15.0. The van der Waals surface area contributed by atoms with Crippen molar-refractivity contribution < 1.29 is 14.3 Å². The third kappa shape index (κ3) is 5.32. The number of likely N-dealkylation sites (tertiary alicyclic amines) is 1. The highest BCUT2D eigenvalue weighted by Gasteiger charge is 2.29. The number of aromatic nitrogens is 5. The van der Waals surface area contributed by atoms with Gasteiger partial charge in [-0.25, -0.2) is 19.0 Å². The topological polar surface area (TPSA) is 118 Å². The number of aliphatic hydroxyl groups excluding tert-OH is 1. The summed E-state index contributed by atoms with van der Waals surface area (Å²) in [6.07, 6.45) is 7.11. The quantitative estimate of drug-likeness (QED) is 0.356. The minimum atomic E-state index is -0.563. The number of rotatable bonds is 9. The lowest BCUT2D eigenvalue weighted by Crippen LogP contribution is -2.47.